The molecule has 0 bridgehead atoms. The van der Waals surface area contributed by atoms with Crippen LogP contribution < -0.4 is 5.73 Å². The normalized spacial score (nSPS) is 17.6. The van der Waals surface area contributed by atoms with Crippen LogP contribution in [0, 0.1) is 11.8 Å². The lowest BCUT2D eigenvalue weighted by Crippen LogP contribution is -2.28. The third kappa shape index (κ3) is 2.64. The molecule has 1 saturated carbocycles. The third-order valence-electron chi connectivity index (χ3n) is 4.14. The van der Waals surface area contributed by atoms with Gasteiger partial charge in [-0.3, -0.25) is 4.79 Å². The fourth-order valence-electron chi connectivity index (χ4n) is 2.58. The molecule has 1 aliphatic carbocycles. The van der Waals surface area contributed by atoms with Gasteiger partial charge in [0.15, 0.2) is 5.78 Å². The molecule has 1 unspecified atom stereocenters. The fraction of sp³-hybridized carbons (Fsp3) is 0.562. The van der Waals surface area contributed by atoms with Gasteiger partial charge in [0.2, 0.25) is 0 Å². The van der Waals surface area contributed by atoms with Crippen molar-refractivity contribution in [2.24, 2.45) is 17.6 Å². The molecule has 2 N–H and O–H groups in total. The Kier molecular flexibility index (Phi) is 4.18. The highest BCUT2D eigenvalue weighted by atomic mass is 16.1. The first-order valence-electron chi connectivity index (χ1n) is 6.97. The molecule has 1 fully saturated rings. The topological polar surface area (TPSA) is 43.1 Å². The zero-order valence-corrected chi connectivity index (χ0v) is 11.4. The molecular weight excluding hydrogens is 222 g/mol. The van der Waals surface area contributed by atoms with Gasteiger partial charge >= 0.3 is 0 Å². The maximum Gasteiger partial charge on any atom is 0.167 e. The minimum atomic E-state index is -0.0540. The van der Waals surface area contributed by atoms with Gasteiger partial charge < -0.3 is 5.73 Å². The molecule has 0 aromatic heterocycles. The second-order valence-corrected chi connectivity index (χ2v) is 5.70. The number of hydrogen-bond donors (Lipinski definition) is 1. The van der Waals surface area contributed by atoms with Crippen LogP contribution in [0.2, 0.25) is 0 Å². The number of rotatable bonds is 5. The van der Waals surface area contributed by atoms with E-state index in [0.29, 0.717) is 18.4 Å². The summed E-state index contributed by atoms with van der Waals surface area (Å²) in [4.78, 5) is 12.4. The maximum atomic E-state index is 12.4. The van der Waals surface area contributed by atoms with E-state index < -0.39 is 0 Å². The number of carbonyl (C=O) groups excluding carboxylic acids is 1. The van der Waals surface area contributed by atoms with Crippen LogP contribution >= 0.6 is 0 Å². The fourth-order valence-corrected chi connectivity index (χ4v) is 2.58. The molecule has 0 heterocycles. The van der Waals surface area contributed by atoms with E-state index in [-0.39, 0.29) is 11.7 Å². The van der Waals surface area contributed by atoms with E-state index in [1.165, 1.54) is 24.8 Å². The number of nitrogens with two attached hydrogens (primary N) is 1. The number of ketones is 1. The summed E-state index contributed by atoms with van der Waals surface area (Å²) in [5, 5.41) is 0. The third-order valence-corrected chi connectivity index (χ3v) is 4.14. The molecule has 0 radical (unpaired) electrons. The second kappa shape index (κ2) is 5.66. The van der Waals surface area contributed by atoms with Crippen molar-refractivity contribution in [2.45, 2.75) is 39.0 Å². The predicted molar refractivity (Wildman–Crippen MR) is 74.7 cm³/mol. The molecule has 0 aliphatic heterocycles. The van der Waals surface area contributed by atoms with Gasteiger partial charge in [-0.2, -0.15) is 0 Å². The van der Waals surface area contributed by atoms with Crippen LogP contribution in [-0.4, -0.2) is 12.3 Å². The van der Waals surface area contributed by atoms with Crippen LogP contribution in [0.25, 0.3) is 0 Å². The van der Waals surface area contributed by atoms with Crippen LogP contribution in [0.15, 0.2) is 24.3 Å². The van der Waals surface area contributed by atoms with Crippen LogP contribution in [0.5, 0.6) is 0 Å². The summed E-state index contributed by atoms with van der Waals surface area (Å²) < 4.78 is 0. The average molecular weight is 245 g/mol. The molecular formula is C16H23NO. The van der Waals surface area contributed by atoms with Gasteiger partial charge in [0.1, 0.15) is 0 Å². The quantitative estimate of drug-likeness (QED) is 0.808. The molecule has 2 rings (SSSR count). The highest BCUT2D eigenvalue weighted by Gasteiger charge is 2.24. The van der Waals surface area contributed by atoms with Crippen molar-refractivity contribution in [3.05, 3.63) is 35.4 Å². The van der Waals surface area contributed by atoms with Crippen LogP contribution in [0.1, 0.15) is 54.9 Å². The van der Waals surface area contributed by atoms with E-state index in [4.69, 9.17) is 5.73 Å². The SMILES string of the molecule is CC(C)C(CN)C(=O)c1cccc(C2CCC2)c1. The van der Waals surface area contributed by atoms with Gasteiger partial charge in [-0.05, 0) is 36.3 Å². The van der Waals surface area contributed by atoms with Crippen molar-refractivity contribution in [1.29, 1.82) is 0 Å². The molecule has 2 heteroatoms. The van der Waals surface area contributed by atoms with Gasteiger partial charge in [0, 0.05) is 18.0 Å². The minimum Gasteiger partial charge on any atom is -0.330 e. The lowest BCUT2D eigenvalue weighted by atomic mass is 9.79. The zero-order chi connectivity index (χ0) is 13.1. The lowest BCUT2D eigenvalue weighted by Gasteiger charge is -2.26. The summed E-state index contributed by atoms with van der Waals surface area (Å²) in [6.07, 6.45) is 3.85. The Morgan fingerprint density at radius 2 is 2.11 bits per heavy atom. The van der Waals surface area contributed by atoms with E-state index in [1.54, 1.807) is 0 Å². The summed E-state index contributed by atoms with van der Waals surface area (Å²) in [7, 11) is 0. The first-order chi connectivity index (χ1) is 8.63. The van der Waals surface area contributed by atoms with Gasteiger partial charge in [-0.25, -0.2) is 0 Å². The zero-order valence-electron chi connectivity index (χ0n) is 11.4. The summed E-state index contributed by atoms with van der Waals surface area (Å²) >= 11 is 0. The summed E-state index contributed by atoms with van der Waals surface area (Å²) in [5.41, 5.74) is 7.89. The largest absolute Gasteiger partial charge is 0.330 e. The van der Waals surface area contributed by atoms with Gasteiger partial charge in [0.05, 0.1) is 0 Å². The smallest absolute Gasteiger partial charge is 0.167 e. The second-order valence-electron chi connectivity index (χ2n) is 5.70. The van der Waals surface area contributed by atoms with Crippen molar-refractivity contribution >= 4 is 5.78 Å². The summed E-state index contributed by atoms with van der Waals surface area (Å²) in [6.45, 7) is 4.56. The Hall–Kier alpha value is -1.15. The molecule has 98 valence electrons. The maximum absolute atomic E-state index is 12.4. The number of hydrogen-bond acceptors (Lipinski definition) is 2. The molecule has 0 amide bonds. The molecule has 0 spiro atoms. The molecule has 1 aromatic carbocycles. The Morgan fingerprint density at radius 1 is 1.39 bits per heavy atom. The first kappa shape index (κ1) is 13.3. The van der Waals surface area contributed by atoms with Crippen molar-refractivity contribution < 1.29 is 4.79 Å². The molecule has 1 aliphatic rings. The Morgan fingerprint density at radius 3 is 2.61 bits per heavy atom. The Balaban J connectivity index is 2.19. The Labute approximate surface area is 110 Å². The van der Waals surface area contributed by atoms with Crippen molar-refractivity contribution in [2.75, 3.05) is 6.54 Å². The number of benzene rings is 1. The van der Waals surface area contributed by atoms with Crippen molar-refractivity contribution in [3.63, 3.8) is 0 Å². The molecule has 0 saturated heterocycles. The van der Waals surface area contributed by atoms with E-state index >= 15 is 0 Å². The highest BCUT2D eigenvalue weighted by Crippen LogP contribution is 2.36. The van der Waals surface area contributed by atoms with E-state index in [1.807, 2.05) is 12.1 Å². The van der Waals surface area contributed by atoms with Crippen molar-refractivity contribution in [3.8, 4) is 0 Å². The van der Waals surface area contributed by atoms with Gasteiger partial charge in [-0.1, -0.05) is 38.5 Å². The van der Waals surface area contributed by atoms with Gasteiger partial charge in [-0.15, -0.1) is 0 Å². The molecule has 2 nitrogen and oxygen atoms in total. The predicted octanol–water partition coefficient (Wildman–Crippen LogP) is 3.37. The van der Waals surface area contributed by atoms with E-state index in [2.05, 4.69) is 26.0 Å². The summed E-state index contributed by atoms with van der Waals surface area (Å²) in [6, 6.07) is 8.16. The molecule has 18 heavy (non-hydrogen) atoms. The van der Waals surface area contributed by atoms with Crippen molar-refractivity contribution in [1.82, 2.24) is 0 Å². The van der Waals surface area contributed by atoms with E-state index in [9.17, 15) is 4.79 Å². The van der Waals surface area contributed by atoms with E-state index in [0.717, 1.165) is 5.56 Å². The van der Waals surface area contributed by atoms with Crippen LogP contribution in [0.3, 0.4) is 0 Å². The standard InChI is InChI=1S/C16H23NO/c1-11(2)15(10-17)16(18)14-8-4-7-13(9-14)12-5-3-6-12/h4,7-9,11-12,15H,3,5-6,10,17H2,1-2H3. The average Bonchev–Trinajstić information content (AvgIpc) is 2.27. The monoisotopic (exact) mass is 245 g/mol. The lowest BCUT2D eigenvalue weighted by molar-refractivity contribution is 0.0892. The summed E-state index contributed by atoms with van der Waals surface area (Å²) in [5.74, 6) is 1.12. The van der Waals surface area contributed by atoms with Crippen LogP contribution in [-0.2, 0) is 0 Å². The number of carbonyl (C=O) groups is 1. The number of Topliss-reactive ketones (excluding diaryl/α,β-unsaturated/α-hetero) is 1. The Bertz CT molecular complexity index is 421. The highest BCUT2D eigenvalue weighted by molar-refractivity contribution is 5.98. The van der Waals surface area contributed by atoms with Crippen LogP contribution in [0.4, 0.5) is 0 Å². The molecule has 1 atom stereocenters. The minimum absolute atomic E-state index is 0.0540. The first-order valence-corrected chi connectivity index (χ1v) is 6.97. The molecule has 1 aromatic rings. The van der Waals surface area contributed by atoms with Gasteiger partial charge in [0.25, 0.3) is 0 Å².